The molecule has 1 N–H and O–H groups in total. The average Bonchev–Trinajstić information content (AvgIpc) is 3.30. The Morgan fingerprint density at radius 3 is 2.39 bits per heavy atom. The van der Waals surface area contributed by atoms with E-state index in [0.717, 1.165) is 47.4 Å². The van der Waals surface area contributed by atoms with Crippen LogP contribution in [0.2, 0.25) is 0 Å². The van der Waals surface area contributed by atoms with Crippen LogP contribution in [0.3, 0.4) is 0 Å². The van der Waals surface area contributed by atoms with Gasteiger partial charge in [-0.1, -0.05) is 0 Å². The number of likely N-dealkylation sites (tertiary alicyclic amines) is 1. The Bertz CT molecular complexity index is 1070. The number of nitrogens with one attached hydrogen (secondary N) is 1. The van der Waals surface area contributed by atoms with E-state index in [-0.39, 0.29) is 11.8 Å². The first-order valence-electron chi connectivity index (χ1n) is 9.39. The summed E-state index contributed by atoms with van der Waals surface area (Å²) in [6.07, 6.45) is 2.13. The van der Waals surface area contributed by atoms with Crippen molar-refractivity contribution in [1.29, 1.82) is 0 Å². The zero-order valence-electron chi connectivity index (χ0n) is 16.2. The number of nitrogens with zero attached hydrogens (tertiary/aromatic N) is 3. The van der Waals surface area contributed by atoms with E-state index in [2.05, 4.69) is 15.3 Å². The van der Waals surface area contributed by atoms with Gasteiger partial charge in [-0.3, -0.25) is 9.59 Å². The quantitative estimate of drug-likeness (QED) is 0.726. The normalized spacial score (nSPS) is 13.9. The third-order valence-electron chi connectivity index (χ3n) is 5.07. The summed E-state index contributed by atoms with van der Waals surface area (Å²) in [6, 6.07) is 7.10. The highest BCUT2D eigenvalue weighted by atomic mass is 32.1. The van der Waals surface area contributed by atoms with Crippen molar-refractivity contribution in [2.75, 3.05) is 18.4 Å². The first-order chi connectivity index (χ1) is 13.4. The van der Waals surface area contributed by atoms with Gasteiger partial charge in [0.25, 0.3) is 11.8 Å². The van der Waals surface area contributed by atoms with E-state index in [0.29, 0.717) is 22.0 Å². The number of hydrogen-bond donors (Lipinski definition) is 1. The first-order valence-corrected chi connectivity index (χ1v) is 10.2. The lowest BCUT2D eigenvalue weighted by Crippen LogP contribution is -2.27. The van der Waals surface area contributed by atoms with Crippen molar-refractivity contribution in [3.8, 4) is 0 Å². The van der Waals surface area contributed by atoms with Gasteiger partial charge in [0.2, 0.25) is 0 Å². The molecule has 2 amide bonds. The molecule has 1 saturated heterocycles. The highest BCUT2D eigenvalue weighted by Crippen LogP contribution is 2.31. The van der Waals surface area contributed by atoms with Gasteiger partial charge in [0.05, 0.1) is 4.88 Å². The molecule has 2 aromatic heterocycles. The second kappa shape index (κ2) is 7.31. The standard InChI is InChI=1S/C21H22N4O2S/c1-12-17-13(2)22-14(3)23-20(17)28-18(12)19(26)24-16-8-6-15(7-9-16)21(27)25-10-4-5-11-25/h6-9H,4-5,10-11H2,1-3H3,(H,24,26). The monoisotopic (exact) mass is 394 g/mol. The zero-order chi connectivity index (χ0) is 19.8. The Hall–Kier alpha value is -2.80. The molecule has 28 heavy (non-hydrogen) atoms. The Kier molecular flexibility index (Phi) is 4.85. The number of hydrogen-bond acceptors (Lipinski definition) is 5. The summed E-state index contributed by atoms with van der Waals surface area (Å²) in [4.78, 5) is 37.4. The minimum atomic E-state index is -0.170. The zero-order valence-corrected chi connectivity index (χ0v) is 17.0. The largest absolute Gasteiger partial charge is 0.339 e. The molecule has 0 unspecified atom stereocenters. The number of aryl methyl sites for hydroxylation is 3. The van der Waals surface area contributed by atoms with Crippen molar-refractivity contribution < 1.29 is 9.59 Å². The maximum absolute atomic E-state index is 12.8. The van der Waals surface area contributed by atoms with Gasteiger partial charge in [-0.2, -0.15) is 0 Å². The minimum Gasteiger partial charge on any atom is -0.339 e. The number of benzene rings is 1. The lowest BCUT2D eigenvalue weighted by molar-refractivity contribution is 0.0792. The van der Waals surface area contributed by atoms with Crippen LogP contribution in [-0.2, 0) is 0 Å². The van der Waals surface area contributed by atoms with Crippen LogP contribution in [0.25, 0.3) is 10.2 Å². The molecule has 0 spiro atoms. The van der Waals surface area contributed by atoms with E-state index in [9.17, 15) is 9.59 Å². The summed E-state index contributed by atoms with van der Waals surface area (Å²) < 4.78 is 0. The Labute approximate surface area is 167 Å². The van der Waals surface area contributed by atoms with E-state index >= 15 is 0 Å². The predicted molar refractivity (Wildman–Crippen MR) is 111 cm³/mol. The SMILES string of the molecule is Cc1nc(C)c2c(C)c(C(=O)Nc3ccc(C(=O)N4CCCC4)cc3)sc2n1. The van der Waals surface area contributed by atoms with Crippen LogP contribution < -0.4 is 5.32 Å². The molecule has 1 aliphatic heterocycles. The fourth-order valence-corrected chi connectivity index (χ4v) is 4.85. The van der Waals surface area contributed by atoms with Gasteiger partial charge in [-0.15, -0.1) is 11.3 Å². The van der Waals surface area contributed by atoms with E-state index < -0.39 is 0 Å². The van der Waals surface area contributed by atoms with Gasteiger partial charge < -0.3 is 10.2 Å². The van der Waals surface area contributed by atoms with Crippen molar-refractivity contribution in [2.24, 2.45) is 0 Å². The van der Waals surface area contributed by atoms with E-state index in [1.54, 1.807) is 24.3 Å². The van der Waals surface area contributed by atoms with Gasteiger partial charge in [-0.05, 0) is 63.4 Å². The molecule has 0 radical (unpaired) electrons. The van der Waals surface area contributed by atoms with Crippen LogP contribution in [0.1, 0.15) is 50.0 Å². The number of amides is 2. The summed E-state index contributed by atoms with van der Waals surface area (Å²) in [6.45, 7) is 7.37. The maximum atomic E-state index is 12.8. The van der Waals surface area contributed by atoms with Gasteiger partial charge in [0.1, 0.15) is 10.7 Å². The van der Waals surface area contributed by atoms with Crippen molar-refractivity contribution in [3.05, 3.63) is 51.8 Å². The molecule has 144 valence electrons. The Balaban J connectivity index is 1.54. The molecular formula is C21H22N4O2S. The summed E-state index contributed by atoms with van der Waals surface area (Å²) in [5.74, 6) is 0.591. The van der Waals surface area contributed by atoms with Crippen LogP contribution in [0.4, 0.5) is 5.69 Å². The van der Waals surface area contributed by atoms with Gasteiger partial charge in [0, 0.05) is 35.4 Å². The van der Waals surface area contributed by atoms with Gasteiger partial charge >= 0.3 is 0 Å². The molecule has 6 nitrogen and oxygen atoms in total. The summed E-state index contributed by atoms with van der Waals surface area (Å²) >= 11 is 1.38. The second-order valence-electron chi connectivity index (χ2n) is 7.12. The summed E-state index contributed by atoms with van der Waals surface area (Å²) in [5.41, 5.74) is 3.11. The first kappa shape index (κ1) is 18.6. The van der Waals surface area contributed by atoms with Crippen molar-refractivity contribution in [1.82, 2.24) is 14.9 Å². The molecule has 4 rings (SSSR count). The predicted octanol–water partition coefficient (Wildman–Crippen LogP) is 4.10. The van der Waals surface area contributed by atoms with Crippen LogP contribution in [0, 0.1) is 20.8 Å². The number of rotatable bonds is 3. The molecule has 1 aromatic carbocycles. The molecule has 0 atom stereocenters. The van der Waals surface area contributed by atoms with Crippen molar-refractivity contribution in [3.63, 3.8) is 0 Å². The fraction of sp³-hybridized carbons (Fsp3) is 0.333. The number of carbonyl (C=O) groups is 2. The van der Waals surface area contributed by atoms with Crippen LogP contribution in [-0.4, -0.2) is 39.8 Å². The third kappa shape index (κ3) is 3.38. The van der Waals surface area contributed by atoms with Crippen molar-refractivity contribution in [2.45, 2.75) is 33.6 Å². The van der Waals surface area contributed by atoms with Crippen LogP contribution in [0.15, 0.2) is 24.3 Å². The van der Waals surface area contributed by atoms with E-state index in [1.165, 1.54) is 11.3 Å². The minimum absolute atomic E-state index is 0.0557. The average molecular weight is 395 g/mol. The number of fused-ring (bicyclic) bond motifs is 1. The number of aromatic nitrogens is 2. The molecule has 0 bridgehead atoms. The molecule has 1 aliphatic rings. The maximum Gasteiger partial charge on any atom is 0.266 e. The van der Waals surface area contributed by atoms with E-state index in [4.69, 9.17) is 0 Å². The lowest BCUT2D eigenvalue weighted by Gasteiger charge is -2.15. The summed E-state index contributed by atoms with van der Waals surface area (Å²) in [7, 11) is 0. The molecule has 1 fully saturated rings. The van der Waals surface area contributed by atoms with Crippen LogP contribution in [0.5, 0.6) is 0 Å². The lowest BCUT2D eigenvalue weighted by atomic mass is 10.1. The molecular weight excluding hydrogens is 372 g/mol. The molecule has 7 heteroatoms. The van der Waals surface area contributed by atoms with Crippen molar-refractivity contribution >= 4 is 39.1 Å². The summed E-state index contributed by atoms with van der Waals surface area (Å²) in [5, 5.41) is 3.88. The smallest absolute Gasteiger partial charge is 0.266 e. The molecule has 0 saturated carbocycles. The van der Waals surface area contributed by atoms with E-state index in [1.807, 2.05) is 25.7 Å². The third-order valence-corrected chi connectivity index (χ3v) is 6.26. The molecule has 3 heterocycles. The number of anilines is 1. The van der Waals surface area contributed by atoms with Crippen LogP contribution >= 0.6 is 11.3 Å². The Morgan fingerprint density at radius 2 is 1.71 bits per heavy atom. The highest BCUT2D eigenvalue weighted by molar-refractivity contribution is 7.20. The second-order valence-corrected chi connectivity index (χ2v) is 8.12. The number of carbonyl (C=O) groups excluding carboxylic acids is 2. The fourth-order valence-electron chi connectivity index (χ4n) is 3.68. The molecule has 0 aliphatic carbocycles. The Morgan fingerprint density at radius 1 is 1.04 bits per heavy atom. The number of thiophene rings is 1. The molecule has 3 aromatic rings. The highest BCUT2D eigenvalue weighted by Gasteiger charge is 2.21. The topological polar surface area (TPSA) is 75.2 Å². The van der Waals surface area contributed by atoms with Gasteiger partial charge in [0.15, 0.2) is 0 Å². The van der Waals surface area contributed by atoms with Gasteiger partial charge in [-0.25, -0.2) is 9.97 Å².